The lowest BCUT2D eigenvalue weighted by molar-refractivity contribution is 0.102. The van der Waals surface area contributed by atoms with Crippen LogP contribution >= 0.6 is 23.2 Å². The quantitative estimate of drug-likeness (QED) is 0.410. The number of benzene rings is 3. The topological polar surface area (TPSA) is 55.1 Å². The second kappa shape index (κ2) is 7.30. The number of nitrogens with one attached hydrogen (secondary N) is 1. The first kappa shape index (κ1) is 18.5. The fourth-order valence-corrected chi connectivity index (χ4v) is 3.31. The lowest BCUT2D eigenvalue weighted by Crippen LogP contribution is -2.11. The number of carbonyl (C=O) groups excluding carboxylic acids is 1. The van der Waals surface area contributed by atoms with Crippen LogP contribution in [0, 0.1) is 13.8 Å². The fraction of sp³-hybridized carbons (Fsp3) is 0.0909. The van der Waals surface area contributed by atoms with Crippen LogP contribution in [-0.2, 0) is 0 Å². The van der Waals surface area contributed by atoms with E-state index in [4.69, 9.17) is 27.6 Å². The number of hydrogen-bond acceptors (Lipinski definition) is 3. The van der Waals surface area contributed by atoms with Gasteiger partial charge < -0.3 is 9.73 Å². The molecule has 4 rings (SSSR count). The van der Waals surface area contributed by atoms with Crippen LogP contribution in [0.3, 0.4) is 0 Å². The van der Waals surface area contributed by atoms with Crippen molar-refractivity contribution in [2.24, 2.45) is 0 Å². The van der Waals surface area contributed by atoms with Gasteiger partial charge in [-0.1, -0.05) is 40.9 Å². The molecule has 140 valence electrons. The standard InChI is InChI=1S/C22H16Cl2N2O2/c1-12-3-6-16(13(2)9-12)22-26-19-11-15(5-8-20(19)28-22)25-21(27)14-4-7-17(23)18(24)10-14/h3-11H,1-2H3,(H,25,27). The molecule has 1 aromatic heterocycles. The van der Waals surface area contributed by atoms with Crippen molar-refractivity contribution in [2.45, 2.75) is 13.8 Å². The van der Waals surface area contributed by atoms with Crippen molar-refractivity contribution >= 4 is 45.9 Å². The smallest absolute Gasteiger partial charge is 0.255 e. The van der Waals surface area contributed by atoms with E-state index in [0.29, 0.717) is 38.3 Å². The summed E-state index contributed by atoms with van der Waals surface area (Å²) < 4.78 is 5.89. The van der Waals surface area contributed by atoms with E-state index < -0.39 is 0 Å². The lowest BCUT2D eigenvalue weighted by atomic mass is 10.1. The van der Waals surface area contributed by atoms with Crippen molar-refractivity contribution in [3.63, 3.8) is 0 Å². The number of fused-ring (bicyclic) bond motifs is 1. The number of halogens is 2. The molecule has 0 aliphatic rings. The maximum absolute atomic E-state index is 12.5. The van der Waals surface area contributed by atoms with Crippen LogP contribution in [0.1, 0.15) is 21.5 Å². The van der Waals surface area contributed by atoms with Gasteiger partial charge in [-0.05, 0) is 61.9 Å². The number of rotatable bonds is 3. The van der Waals surface area contributed by atoms with Crippen LogP contribution in [0.2, 0.25) is 10.0 Å². The largest absolute Gasteiger partial charge is 0.436 e. The Morgan fingerprint density at radius 2 is 1.79 bits per heavy atom. The number of carbonyl (C=O) groups is 1. The zero-order chi connectivity index (χ0) is 19.8. The van der Waals surface area contributed by atoms with E-state index in [1.54, 1.807) is 30.3 Å². The second-order valence-corrected chi connectivity index (χ2v) is 7.42. The van der Waals surface area contributed by atoms with Crippen LogP contribution in [0.4, 0.5) is 5.69 Å². The van der Waals surface area contributed by atoms with Gasteiger partial charge in [0.05, 0.1) is 10.0 Å². The summed E-state index contributed by atoms with van der Waals surface area (Å²) in [6, 6.07) is 16.2. The van der Waals surface area contributed by atoms with E-state index in [0.717, 1.165) is 11.1 Å². The van der Waals surface area contributed by atoms with Gasteiger partial charge in [0.2, 0.25) is 5.89 Å². The Labute approximate surface area is 172 Å². The van der Waals surface area contributed by atoms with Crippen molar-refractivity contribution < 1.29 is 9.21 Å². The molecule has 1 N–H and O–H groups in total. The second-order valence-electron chi connectivity index (χ2n) is 6.60. The van der Waals surface area contributed by atoms with Gasteiger partial charge in [0.1, 0.15) is 5.52 Å². The van der Waals surface area contributed by atoms with E-state index in [2.05, 4.69) is 16.4 Å². The molecule has 0 spiro atoms. The Morgan fingerprint density at radius 3 is 2.54 bits per heavy atom. The molecule has 3 aromatic carbocycles. The minimum absolute atomic E-state index is 0.281. The summed E-state index contributed by atoms with van der Waals surface area (Å²) >= 11 is 11.9. The van der Waals surface area contributed by atoms with E-state index in [9.17, 15) is 4.79 Å². The Kier molecular flexibility index (Phi) is 4.84. The van der Waals surface area contributed by atoms with E-state index >= 15 is 0 Å². The monoisotopic (exact) mass is 410 g/mol. The van der Waals surface area contributed by atoms with Crippen LogP contribution in [-0.4, -0.2) is 10.9 Å². The van der Waals surface area contributed by atoms with Crippen LogP contribution in [0.5, 0.6) is 0 Å². The summed E-state index contributed by atoms with van der Waals surface area (Å²) in [4.78, 5) is 17.0. The molecule has 0 bridgehead atoms. The molecule has 0 aliphatic carbocycles. The highest BCUT2D eigenvalue weighted by molar-refractivity contribution is 6.42. The molecule has 0 aliphatic heterocycles. The highest BCUT2D eigenvalue weighted by atomic mass is 35.5. The Morgan fingerprint density at radius 1 is 0.964 bits per heavy atom. The molecule has 1 heterocycles. The third-order valence-corrected chi connectivity index (χ3v) is 5.18. The summed E-state index contributed by atoms with van der Waals surface area (Å²) in [5.41, 5.74) is 5.59. The predicted octanol–water partition coefficient (Wildman–Crippen LogP) is 6.67. The van der Waals surface area contributed by atoms with Crippen molar-refractivity contribution in [3.8, 4) is 11.5 Å². The van der Waals surface area contributed by atoms with Gasteiger partial charge in [0.25, 0.3) is 5.91 Å². The maximum atomic E-state index is 12.5. The normalized spacial score (nSPS) is 11.0. The van der Waals surface area contributed by atoms with Crippen LogP contribution < -0.4 is 5.32 Å². The average Bonchev–Trinajstić information content (AvgIpc) is 3.06. The molecule has 0 radical (unpaired) electrons. The zero-order valence-corrected chi connectivity index (χ0v) is 16.7. The molecule has 0 saturated heterocycles. The molecule has 0 fully saturated rings. The number of hydrogen-bond donors (Lipinski definition) is 1. The van der Waals surface area contributed by atoms with Crippen molar-refractivity contribution in [3.05, 3.63) is 81.3 Å². The molecule has 6 heteroatoms. The third kappa shape index (κ3) is 3.61. The third-order valence-electron chi connectivity index (χ3n) is 4.44. The first-order chi connectivity index (χ1) is 13.4. The highest BCUT2D eigenvalue weighted by Crippen LogP contribution is 2.29. The van der Waals surface area contributed by atoms with Crippen molar-refractivity contribution in [1.82, 2.24) is 4.98 Å². The summed E-state index contributed by atoms with van der Waals surface area (Å²) in [5, 5.41) is 3.58. The summed E-state index contributed by atoms with van der Waals surface area (Å²) in [6.07, 6.45) is 0. The summed E-state index contributed by atoms with van der Waals surface area (Å²) in [7, 11) is 0. The number of anilines is 1. The van der Waals surface area contributed by atoms with Crippen LogP contribution in [0.25, 0.3) is 22.6 Å². The molecule has 0 atom stereocenters. The molecule has 0 unspecified atom stereocenters. The zero-order valence-electron chi connectivity index (χ0n) is 15.2. The molecular formula is C22H16Cl2N2O2. The Bertz CT molecular complexity index is 1210. The van der Waals surface area contributed by atoms with Crippen LogP contribution in [0.15, 0.2) is 59.0 Å². The summed E-state index contributed by atoms with van der Waals surface area (Å²) in [6.45, 7) is 4.08. The molecule has 0 saturated carbocycles. The van der Waals surface area contributed by atoms with Gasteiger partial charge in [-0.3, -0.25) is 4.79 Å². The highest BCUT2D eigenvalue weighted by Gasteiger charge is 2.13. The number of amides is 1. The van der Waals surface area contributed by atoms with E-state index in [-0.39, 0.29) is 5.91 Å². The van der Waals surface area contributed by atoms with Gasteiger partial charge >= 0.3 is 0 Å². The SMILES string of the molecule is Cc1ccc(-c2nc3cc(NC(=O)c4ccc(Cl)c(Cl)c4)ccc3o2)c(C)c1. The Balaban J connectivity index is 1.62. The van der Waals surface area contributed by atoms with Gasteiger partial charge in [0.15, 0.2) is 5.58 Å². The van der Waals surface area contributed by atoms with Gasteiger partial charge in [0, 0.05) is 16.8 Å². The first-order valence-corrected chi connectivity index (χ1v) is 9.41. The lowest BCUT2D eigenvalue weighted by Gasteiger charge is -2.06. The van der Waals surface area contributed by atoms with Crippen molar-refractivity contribution in [1.29, 1.82) is 0 Å². The van der Waals surface area contributed by atoms with Gasteiger partial charge in [-0.15, -0.1) is 0 Å². The number of aromatic nitrogens is 1. The predicted molar refractivity (Wildman–Crippen MR) is 113 cm³/mol. The van der Waals surface area contributed by atoms with Crippen molar-refractivity contribution in [2.75, 3.05) is 5.32 Å². The molecule has 4 aromatic rings. The maximum Gasteiger partial charge on any atom is 0.255 e. The number of nitrogens with zero attached hydrogens (tertiary/aromatic N) is 1. The summed E-state index contributed by atoms with van der Waals surface area (Å²) in [5.74, 6) is 0.275. The fourth-order valence-electron chi connectivity index (χ4n) is 3.01. The number of aryl methyl sites for hydroxylation is 2. The molecular weight excluding hydrogens is 395 g/mol. The van der Waals surface area contributed by atoms with Gasteiger partial charge in [-0.25, -0.2) is 4.98 Å². The van der Waals surface area contributed by atoms with E-state index in [1.165, 1.54) is 11.6 Å². The molecule has 1 amide bonds. The minimum atomic E-state index is -0.281. The number of oxazole rings is 1. The molecule has 28 heavy (non-hydrogen) atoms. The minimum Gasteiger partial charge on any atom is -0.436 e. The Hall–Kier alpha value is -2.82. The van der Waals surface area contributed by atoms with E-state index in [1.807, 2.05) is 26.0 Å². The molecule has 4 nitrogen and oxygen atoms in total. The van der Waals surface area contributed by atoms with Gasteiger partial charge in [-0.2, -0.15) is 0 Å². The first-order valence-electron chi connectivity index (χ1n) is 8.65. The average molecular weight is 411 g/mol.